The van der Waals surface area contributed by atoms with E-state index in [0.717, 1.165) is 5.92 Å². The van der Waals surface area contributed by atoms with E-state index in [-0.39, 0.29) is 5.41 Å². The minimum atomic E-state index is 0.141. The predicted molar refractivity (Wildman–Crippen MR) is 62.8 cm³/mol. The van der Waals surface area contributed by atoms with E-state index >= 15 is 0 Å². The summed E-state index contributed by atoms with van der Waals surface area (Å²) in [6.07, 6.45) is 7.79. The number of hydrogen-bond donors (Lipinski definition) is 2. The molecule has 2 saturated carbocycles. The lowest BCUT2D eigenvalue weighted by molar-refractivity contribution is 0.111. The van der Waals surface area contributed by atoms with Gasteiger partial charge in [0, 0.05) is 24.1 Å². The highest BCUT2D eigenvalue weighted by Crippen LogP contribution is 2.39. The lowest BCUT2D eigenvalue weighted by Crippen LogP contribution is -2.47. The quantitative estimate of drug-likeness (QED) is 0.751. The van der Waals surface area contributed by atoms with E-state index < -0.39 is 0 Å². The molecule has 2 N–H and O–H groups in total. The summed E-state index contributed by atoms with van der Waals surface area (Å²) >= 11 is 0. The molecule has 0 amide bonds. The highest BCUT2D eigenvalue weighted by atomic mass is 16.3. The fourth-order valence-corrected chi connectivity index (χ4v) is 3.36. The molecule has 0 aliphatic heterocycles. The fourth-order valence-electron chi connectivity index (χ4n) is 3.36. The molecule has 0 aromatic rings. The average molecular weight is 211 g/mol. The molecule has 0 bridgehead atoms. The highest BCUT2D eigenvalue weighted by Gasteiger charge is 2.40. The zero-order valence-electron chi connectivity index (χ0n) is 10.1. The van der Waals surface area contributed by atoms with E-state index in [2.05, 4.69) is 19.2 Å². The Morgan fingerprint density at radius 2 is 2.07 bits per heavy atom. The number of aliphatic hydroxyl groups is 1. The number of hydrogen-bond acceptors (Lipinski definition) is 2. The van der Waals surface area contributed by atoms with Gasteiger partial charge in [-0.1, -0.05) is 26.7 Å². The standard InChI is InChI=1S/C13H25NO/c1-10-5-3-6-11(10)14-12-7-4-8-13(12,2)9-15/h10-12,14-15H,3-9H2,1-2H3. The zero-order valence-corrected chi connectivity index (χ0v) is 10.1. The topological polar surface area (TPSA) is 32.3 Å². The van der Waals surface area contributed by atoms with Crippen molar-refractivity contribution in [3.63, 3.8) is 0 Å². The first-order valence-electron chi connectivity index (χ1n) is 6.52. The summed E-state index contributed by atoms with van der Waals surface area (Å²) in [5.41, 5.74) is 0.141. The smallest absolute Gasteiger partial charge is 0.0499 e. The molecule has 4 atom stereocenters. The van der Waals surface area contributed by atoms with Crippen molar-refractivity contribution in [2.24, 2.45) is 11.3 Å². The molecule has 2 aliphatic carbocycles. The maximum atomic E-state index is 9.50. The number of rotatable bonds is 3. The lowest BCUT2D eigenvalue weighted by atomic mass is 9.85. The molecule has 2 fully saturated rings. The SMILES string of the molecule is CC1CCCC1NC1CCCC1(C)CO. The Morgan fingerprint density at radius 3 is 2.67 bits per heavy atom. The Bertz CT molecular complexity index is 219. The van der Waals surface area contributed by atoms with Gasteiger partial charge < -0.3 is 10.4 Å². The Labute approximate surface area is 93.5 Å². The molecule has 88 valence electrons. The summed E-state index contributed by atoms with van der Waals surface area (Å²) in [7, 11) is 0. The summed E-state index contributed by atoms with van der Waals surface area (Å²) in [5, 5.41) is 13.3. The molecule has 0 saturated heterocycles. The van der Waals surface area contributed by atoms with Crippen LogP contribution in [0.1, 0.15) is 52.4 Å². The summed E-state index contributed by atoms with van der Waals surface area (Å²) < 4.78 is 0. The fraction of sp³-hybridized carbons (Fsp3) is 1.00. The van der Waals surface area contributed by atoms with E-state index in [0.29, 0.717) is 18.7 Å². The van der Waals surface area contributed by atoms with Crippen molar-refractivity contribution in [2.75, 3.05) is 6.61 Å². The van der Waals surface area contributed by atoms with Crippen molar-refractivity contribution in [3.05, 3.63) is 0 Å². The molecule has 0 aromatic carbocycles. The first kappa shape index (κ1) is 11.4. The molecule has 4 unspecified atom stereocenters. The minimum Gasteiger partial charge on any atom is -0.396 e. The summed E-state index contributed by atoms with van der Waals surface area (Å²) in [6.45, 7) is 4.93. The van der Waals surface area contributed by atoms with Crippen LogP contribution in [0.3, 0.4) is 0 Å². The van der Waals surface area contributed by atoms with E-state index in [4.69, 9.17) is 0 Å². The lowest BCUT2D eigenvalue weighted by Gasteiger charge is -2.33. The van der Waals surface area contributed by atoms with Crippen LogP contribution < -0.4 is 5.32 Å². The molecule has 0 heterocycles. The van der Waals surface area contributed by atoms with Crippen LogP contribution in [-0.4, -0.2) is 23.8 Å². The predicted octanol–water partition coefficient (Wildman–Crippen LogP) is 2.32. The number of aliphatic hydroxyl groups excluding tert-OH is 1. The van der Waals surface area contributed by atoms with Crippen LogP contribution in [0.2, 0.25) is 0 Å². The summed E-state index contributed by atoms with van der Waals surface area (Å²) in [6, 6.07) is 1.26. The van der Waals surface area contributed by atoms with Crippen LogP contribution in [0, 0.1) is 11.3 Å². The molecule has 2 rings (SSSR count). The second kappa shape index (κ2) is 4.42. The van der Waals surface area contributed by atoms with Crippen molar-refractivity contribution in [2.45, 2.75) is 64.5 Å². The van der Waals surface area contributed by atoms with Gasteiger partial charge in [-0.25, -0.2) is 0 Å². The van der Waals surface area contributed by atoms with Gasteiger partial charge in [-0.2, -0.15) is 0 Å². The highest BCUT2D eigenvalue weighted by molar-refractivity contribution is 4.96. The monoisotopic (exact) mass is 211 g/mol. The number of nitrogens with one attached hydrogen (secondary N) is 1. The van der Waals surface area contributed by atoms with Crippen molar-refractivity contribution in [1.82, 2.24) is 5.32 Å². The van der Waals surface area contributed by atoms with Crippen LogP contribution in [0.4, 0.5) is 0 Å². The second-order valence-electron chi connectivity index (χ2n) is 5.94. The molecule has 2 aliphatic rings. The molecule has 0 spiro atoms. The van der Waals surface area contributed by atoms with Gasteiger partial charge in [0.1, 0.15) is 0 Å². The van der Waals surface area contributed by atoms with Gasteiger partial charge in [-0.05, 0) is 31.6 Å². The Morgan fingerprint density at radius 1 is 1.27 bits per heavy atom. The van der Waals surface area contributed by atoms with Gasteiger partial charge in [0.05, 0.1) is 0 Å². The molecule has 0 radical (unpaired) electrons. The van der Waals surface area contributed by atoms with Gasteiger partial charge in [0.15, 0.2) is 0 Å². The minimum absolute atomic E-state index is 0.141. The van der Waals surface area contributed by atoms with Gasteiger partial charge in [-0.15, -0.1) is 0 Å². The first-order chi connectivity index (χ1) is 7.15. The molecule has 2 nitrogen and oxygen atoms in total. The van der Waals surface area contributed by atoms with Crippen LogP contribution in [0.25, 0.3) is 0 Å². The third-order valence-electron chi connectivity index (χ3n) is 4.72. The third kappa shape index (κ3) is 2.21. The van der Waals surface area contributed by atoms with Gasteiger partial charge in [0.2, 0.25) is 0 Å². The van der Waals surface area contributed by atoms with Crippen LogP contribution in [0.15, 0.2) is 0 Å². The molecule has 15 heavy (non-hydrogen) atoms. The van der Waals surface area contributed by atoms with Crippen molar-refractivity contribution in [1.29, 1.82) is 0 Å². The Hall–Kier alpha value is -0.0800. The van der Waals surface area contributed by atoms with Gasteiger partial charge >= 0.3 is 0 Å². The second-order valence-corrected chi connectivity index (χ2v) is 5.94. The zero-order chi connectivity index (χ0) is 10.9. The average Bonchev–Trinajstić information content (AvgIpc) is 2.77. The maximum absolute atomic E-state index is 9.50. The molecular weight excluding hydrogens is 186 g/mol. The normalized spacial score (nSPS) is 46.2. The van der Waals surface area contributed by atoms with Gasteiger partial charge in [0.25, 0.3) is 0 Å². The van der Waals surface area contributed by atoms with E-state index in [1.807, 2.05) is 0 Å². The van der Waals surface area contributed by atoms with Crippen molar-refractivity contribution < 1.29 is 5.11 Å². The Balaban J connectivity index is 1.93. The molecule has 2 heteroatoms. The maximum Gasteiger partial charge on any atom is 0.0499 e. The molecular formula is C13H25NO. The summed E-state index contributed by atoms with van der Waals surface area (Å²) in [5.74, 6) is 0.827. The first-order valence-corrected chi connectivity index (χ1v) is 6.52. The van der Waals surface area contributed by atoms with E-state index in [9.17, 15) is 5.11 Å². The van der Waals surface area contributed by atoms with Gasteiger partial charge in [-0.3, -0.25) is 0 Å². The van der Waals surface area contributed by atoms with Crippen LogP contribution in [-0.2, 0) is 0 Å². The molecule has 0 aromatic heterocycles. The van der Waals surface area contributed by atoms with Crippen molar-refractivity contribution in [3.8, 4) is 0 Å². The van der Waals surface area contributed by atoms with Crippen LogP contribution >= 0.6 is 0 Å². The van der Waals surface area contributed by atoms with E-state index in [1.165, 1.54) is 38.5 Å². The third-order valence-corrected chi connectivity index (χ3v) is 4.72. The van der Waals surface area contributed by atoms with Crippen molar-refractivity contribution >= 4 is 0 Å². The van der Waals surface area contributed by atoms with Crippen LogP contribution in [0.5, 0.6) is 0 Å². The van der Waals surface area contributed by atoms with E-state index in [1.54, 1.807) is 0 Å². The largest absolute Gasteiger partial charge is 0.396 e. The Kier molecular flexibility index (Phi) is 3.36. The summed E-state index contributed by atoms with van der Waals surface area (Å²) in [4.78, 5) is 0.